The molecule has 1 aliphatic rings. The SMILES string of the molecule is Cc1cccc(C)c1N1C(=O)CS/C1=N\C(=O)NCC(C#N)c1ccc(-c2ncn(-c3ccc(OC(F)(F)F)cc3)n2)cc1. The van der Waals surface area contributed by atoms with Gasteiger partial charge < -0.3 is 10.1 Å². The van der Waals surface area contributed by atoms with Crippen LogP contribution in [0.5, 0.6) is 5.75 Å². The Kier molecular flexibility index (Phi) is 8.68. The van der Waals surface area contributed by atoms with E-state index in [0.717, 1.165) is 11.1 Å². The lowest BCUT2D eigenvalue weighted by Gasteiger charge is -2.20. The summed E-state index contributed by atoms with van der Waals surface area (Å²) in [5.74, 6) is -0.657. The van der Waals surface area contributed by atoms with Gasteiger partial charge in [-0.05, 0) is 54.8 Å². The van der Waals surface area contributed by atoms with Gasteiger partial charge in [0.05, 0.1) is 29.1 Å². The first-order chi connectivity index (χ1) is 21.0. The lowest BCUT2D eigenvalue weighted by molar-refractivity contribution is -0.274. The number of nitriles is 1. The molecule has 10 nitrogen and oxygen atoms in total. The van der Waals surface area contributed by atoms with Crippen LogP contribution < -0.4 is 15.0 Å². The first-order valence-corrected chi connectivity index (χ1v) is 14.2. The van der Waals surface area contributed by atoms with Gasteiger partial charge in [-0.25, -0.2) is 14.5 Å². The number of halogens is 3. The van der Waals surface area contributed by atoms with Crippen LogP contribution in [0.3, 0.4) is 0 Å². The minimum Gasteiger partial charge on any atom is -0.406 e. The average Bonchev–Trinajstić information content (AvgIpc) is 3.61. The van der Waals surface area contributed by atoms with Gasteiger partial charge in [-0.15, -0.1) is 18.3 Å². The number of carbonyl (C=O) groups is 2. The zero-order valence-corrected chi connectivity index (χ0v) is 24.2. The number of aliphatic imine (C=N–C) groups is 1. The maximum Gasteiger partial charge on any atom is 0.573 e. The summed E-state index contributed by atoms with van der Waals surface area (Å²) in [6.07, 6.45) is -3.35. The Morgan fingerprint density at radius 3 is 2.43 bits per heavy atom. The number of aromatic nitrogens is 3. The molecular weight excluding hydrogens is 595 g/mol. The van der Waals surface area contributed by atoms with E-state index >= 15 is 0 Å². The topological polar surface area (TPSA) is 126 Å². The molecule has 0 spiro atoms. The molecule has 4 aromatic rings. The van der Waals surface area contributed by atoms with Crippen LogP contribution >= 0.6 is 11.8 Å². The van der Waals surface area contributed by atoms with Crippen molar-refractivity contribution < 1.29 is 27.5 Å². The fourth-order valence-electron chi connectivity index (χ4n) is 4.56. The second kappa shape index (κ2) is 12.6. The number of alkyl halides is 3. The second-order valence-corrected chi connectivity index (χ2v) is 10.6. The van der Waals surface area contributed by atoms with Gasteiger partial charge in [0.25, 0.3) is 0 Å². The van der Waals surface area contributed by atoms with Crippen LogP contribution in [-0.2, 0) is 4.79 Å². The number of benzene rings is 3. The molecule has 44 heavy (non-hydrogen) atoms. The number of anilines is 1. The first kappa shape index (κ1) is 30.3. The van der Waals surface area contributed by atoms with E-state index in [1.807, 2.05) is 32.0 Å². The predicted octanol–water partition coefficient (Wildman–Crippen LogP) is 5.90. The molecule has 0 saturated carbocycles. The van der Waals surface area contributed by atoms with Crippen molar-refractivity contribution in [3.8, 4) is 28.9 Å². The van der Waals surface area contributed by atoms with E-state index in [1.54, 1.807) is 24.3 Å². The molecule has 1 atom stereocenters. The highest BCUT2D eigenvalue weighted by molar-refractivity contribution is 8.15. The van der Waals surface area contributed by atoms with Crippen molar-refractivity contribution in [2.24, 2.45) is 4.99 Å². The van der Waals surface area contributed by atoms with Crippen LogP contribution in [0.15, 0.2) is 78.0 Å². The maximum absolute atomic E-state index is 12.7. The highest BCUT2D eigenvalue weighted by atomic mass is 32.2. The summed E-state index contributed by atoms with van der Waals surface area (Å²) < 4.78 is 42.5. The van der Waals surface area contributed by atoms with Crippen LogP contribution in [0.25, 0.3) is 17.1 Å². The Balaban J connectivity index is 1.22. The number of para-hydroxylation sites is 1. The summed E-state index contributed by atoms with van der Waals surface area (Å²) in [6.45, 7) is 3.77. The molecule has 5 rings (SSSR count). The standard InChI is InChI=1S/C30H24F3N7O3S/c1-18-4-3-5-19(2)26(18)40-25(41)16-44-29(40)37-28(42)35-15-22(14-34)20-6-8-21(9-7-20)27-36-17-39(38-27)23-10-12-24(13-11-23)43-30(31,32)33/h3-13,17,22H,15-16H2,1-2H3,(H,35,42)/b37-29-. The Labute approximate surface area is 254 Å². The van der Waals surface area contributed by atoms with Gasteiger partial charge in [-0.3, -0.25) is 9.69 Å². The quantitative estimate of drug-likeness (QED) is 0.273. The Morgan fingerprint density at radius 1 is 1.11 bits per heavy atom. The lowest BCUT2D eigenvalue weighted by Crippen LogP contribution is -2.33. The van der Waals surface area contributed by atoms with E-state index in [9.17, 15) is 28.0 Å². The van der Waals surface area contributed by atoms with Crippen LogP contribution in [0, 0.1) is 25.2 Å². The first-order valence-electron chi connectivity index (χ1n) is 13.2. The van der Waals surface area contributed by atoms with Crippen LogP contribution in [0.2, 0.25) is 0 Å². The van der Waals surface area contributed by atoms with Gasteiger partial charge in [0.15, 0.2) is 11.0 Å². The number of aryl methyl sites for hydroxylation is 2. The van der Waals surface area contributed by atoms with E-state index < -0.39 is 18.3 Å². The van der Waals surface area contributed by atoms with Crippen LogP contribution in [-0.4, -0.2) is 50.5 Å². The molecule has 0 bridgehead atoms. The van der Waals surface area contributed by atoms with Crippen molar-refractivity contribution in [2.45, 2.75) is 26.1 Å². The number of urea groups is 1. The van der Waals surface area contributed by atoms with Crippen molar-refractivity contribution >= 4 is 34.6 Å². The van der Waals surface area contributed by atoms with Crippen molar-refractivity contribution in [3.05, 3.63) is 89.7 Å². The largest absolute Gasteiger partial charge is 0.573 e. The molecule has 224 valence electrons. The van der Waals surface area contributed by atoms with Crippen molar-refractivity contribution in [1.29, 1.82) is 5.26 Å². The van der Waals surface area contributed by atoms with Gasteiger partial charge in [-0.2, -0.15) is 10.3 Å². The number of amides is 3. The van der Waals surface area contributed by atoms with Crippen molar-refractivity contribution in [3.63, 3.8) is 0 Å². The van der Waals surface area contributed by atoms with E-state index in [4.69, 9.17) is 0 Å². The summed E-state index contributed by atoms with van der Waals surface area (Å²) in [5, 5.41) is 17.1. The highest BCUT2D eigenvalue weighted by Crippen LogP contribution is 2.32. The third kappa shape index (κ3) is 6.90. The molecule has 3 aromatic carbocycles. The number of rotatable bonds is 7. The minimum atomic E-state index is -4.78. The Hall–Kier alpha value is -5.16. The highest BCUT2D eigenvalue weighted by Gasteiger charge is 2.33. The van der Waals surface area contributed by atoms with Crippen molar-refractivity contribution in [1.82, 2.24) is 20.1 Å². The molecule has 14 heteroatoms. The number of ether oxygens (including phenoxy) is 1. The number of thioether (sulfide) groups is 1. The monoisotopic (exact) mass is 619 g/mol. The van der Waals surface area contributed by atoms with Gasteiger partial charge in [0.2, 0.25) is 5.91 Å². The number of hydrogen-bond acceptors (Lipinski definition) is 7. The van der Waals surface area contributed by atoms with Gasteiger partial charge in [0, 0.05) is 12.1 Å². The molecule has 1 unspecified atom stereocenters. The summed E-state index contributed by atoms with van der Waals surface area (Å²) >= 11 is 1.18. The third-order valence-corrected chi connectivity index (χ3v) is 7.56. The number of amidine groups is 1. The van der Waals surface area contributed by atoms with E-state index in [1.165, 1.54) is 51.9 Å². The molecular formula is C30H24F3N7O3S. The van der Waals surface area contributed by atoms with Gasteiger partial charge in [-0.1, -0.05) is 54.2 Å². The molecule has 1 aromatic heterocycles. The summed E-state index contributed by atoms with van der Waals surface area (Å²) in [4.78, 5) is 35.2. The smallest absolute Gasteiger partial charge is 0.406 e. The number of hydrogen-bond donors (Lipinski definition) is 1. The lowest BCUT2D eigenvalue weighted by atomic mass is 9.99. The summed E-state index contributed by atoms with van der Waals surface area (Å²) in [5.41, 5.74) is 4.25. The normalized spacial score (nSPS) is 14.9. The molecule has 1 N–H and O–H groups in total. The van der Waals surface area contributed by atoms with E-state index in [2.05, 4.69) is 31.2 Å². The molecule has 0 radical (unpaired) electrons. The predicted molar refractivity (Wildman–Crippen MR) is 159 cm³/mol. The zero-order valence-electron chi connectivity index (χ0n) is 23.4. The van der Waals surface area contributed by atoms with Crippen molar-refractivity contribution in [2.75, 3.05) is 17.2 Å². The van der Waals surface area contributed by atoms with Gasteiger partial charge >= 0.3 is 12.4 Å². The third-order valence-electron chi connectivity index (χ3n) is 6.64. The fraction of sp³-hybridized carbons (Fsp3) is 0.200. The fourth-order valence-corrected chi connectivity index (χ4v) is 5.41. The number of carbonyl (C=O) groups excluding carboxylic acids is 2. The van der Waals surface area contributed by atoms with E-state index in [0.29, 0.717) is 28.3 Å². The number of nitrogens with zero attached hydrogens (tertiary/aromatic N) is 6. The number of nitrogens with one attached hydrogen (secondary N) is 1. The van der Waals surface area contributed by atoms with E-state index in [-0.39, 0.29) is 29.1 Å². The molecule has 2 heterocycles. The maximum atomic E-state index is 12.7. The molecule has 0 aliphatic carbocycles. The van der Waals surface area contributed by atoms with Crippen LogP contribution in [0.4, 0.5) is 23.7 Å². The molecule has 1 aliphatic heterocycles. The minimum absolute atomic E-state index is 0.00556. The Morgan fingerprint density at radius 2 is 1.80 bits per heavy atom. The van der Waals surface area contributed by atoms with Gasteiger partial charge in [0.1, 0.15) is 12.1 Å². The summed E-state index contributed by atoms with van der Waals surface area (Å²) in [6, 6.07) is 19.3. The zero-order chi connectivity index (χ0) is 31.4. The molecule has 3 amide bonds. The van der Waals surface area contributed by atoms with Crippen LogP contribution in [0.1, 0.15) is 22.6 Å². The second-order valence-electron chi connectivity index (χ2n) is 9.70. The summed E-state index contributed by atoms with van der Waals surface area (Å²) in [7, 11) is 0. The molecule has 1 fully saturated rings. The average molecular weight is 620 g/mol. The molecule has 1 saturated heterocycles. The Bertz CT molecular complexity index is 1740.